The Morgan fingerprint density at radius 1 is 1.13 bits per heavy atom. The first-order chi connectivity index (χ1) is 11.0. The molecule has 1 aliphatic heterocycles. The molecular weight excluding hydrogens is 284 g/mol. The van der Waals surface area contributed by atoms with Crippen molar-refractivity contribution in [2.45, 2.75) is 46.2 Å². The molecule has 0 fully saturated rings. The number of carbonyl (C=O) groups excluding carboxylic acids is 1. The molecule has 1 amide bonds. The number of carbonyl (C=O) groups is 1. The smallest absolute Gasteiger partial charge is 0.224 e. The first-order valence-electron chi connectivity index (χ1n) is 8.19. The molecule has 3 nitrogen and oxygen atoms in total. The molecule has 1 heterocycles. The van der Waals surface area contributed by atoms with Crippen LogP contribution in [0.25, 0.3) is 0 Å². The van der Waals surface area contributed by atoms with Gasteiger partial charge in [-0.25, -0.2) is 0 Å². The number of nitrogens with zero attached hydrogens (tertiary/aromatic N) is 1. The van der Waals surface area contributed by atoms with Crippen LogP contribution in [0.5, 0.6) is 0 Å². The fraction of sp³-hybridized carbons (Fsp3) is 0.350. The predicted octanol–water partition coefficient (Wildman–Crippen LogP) is 4.60. The van der Waals surface area contributed by atoms with E-state index in [2.05, 4.69) is 50.4 Å². The highest BCUT2D eigenvalue weighted by molar-refractivity contribution is 5.93. The monoisotopic (exact) mass is 308 g/mol. The summed E-state index contributed by atoms with van der Waals surface area (Å²) in [6.07, 6.45) is 0.906. The van der Waals surface area contributed by atoms with Gasteiger partial charge in [0, 0.05) is 24.3 Å². The van der Waals surface area contributed by atoms with Crippen molar-refractivity contribution in [2.24, 2.45) is 0 Å². The number of fused-ring (bicyclic) bond motifs is 1. The predicted molar refractivity (Wildman–Crippen MR) is 96.0 cm³/mol. The van der Waals surface area contributed by atoms with E-state index in [0.29, 0.717) is 0 Å². The van der Waals surface area contributed by atoms with Crippen molar-refractivity contribution in [2.75, 3.05) is 10.2 Å². The van der Waals surface area contributed by atoms with Crippen molar-refractivity contribution < 1.29 is 4.79 Å². The van der Waals surface area contributed by atoms with Gasteiger partial charge in [-0.05, 0) is 62.1 Å². The van der Waals surface area contributed by atoms with E-state index in [1.807, 2.05) is 23.1 Å². The lowest BCUT2D eigenvalue weighted by atomic mass is 9.91. The number of hydrogen-bond donors (Lipinski definition) is 1. The highest BCUT2D eigenvalue weighted by Gasteiger charge is 2.31. The number of para-hydroxylation sites is 1. The van der Waals surface area contributed by atoms with E-state index in [0.717, 1.165) is 17.8 Å². The molecule has 23 heavy (non-hydrogen) atoms. The van der Waals surface area contributed by atoms with E-state index in [1.54, 1.807) is 6.92 Å². The molecule has 0 aliphatic carbocycles. The third kappa shape index (κ3) is 3.09. The Labute approximate surface area is 138 Å². The molecule has 0 aromatic heterocycles. The number of nitrogens with one attached hydrogen (secondary N) is 1. The van der Waals surface area contributed by atoms with Crippen LogP contribution in [0, 0.1) is 13.8 Å². The third-order valence-electron chi connectivity index (χ3n) is 4.49. The summed E-state index contributed by atoms with van der Waals surface area (Å²) in [5.74, 6) is 0.106. The number of rotatable bonds is 2. The largest absolute Gasteiger partial charge is 0.378 e. The molecule has 3 heteroatoms. The van der Waals surface area contributed by atoms with Gasteiger partial charge in [-0.3, -0.25) is 4.79 Å². The summed E-state index contributed by atoms with van der Waals surface area (Å²) in [5, 5.41) is 3.67. The third-order valence-corrected chi connectivity index (χ3v) is 4.49. The lowest BCUT2D eigenvalue weighted by Crippen LogP contribution is -2.43. The molecule has 1 aliphatic rings. The fourth-order valence-corrected chi connectivity index (χ4v) is 3.69. The summed E-state index contributed by atoms with van der Waals surface area (Å²) < 4.78 is 0. The quantitative estimate of drug-likeness (QED) is 0.879. The van der Waals surface area contributed by atoms with Crippen molar-refractivity contribution >= 4 is 17.3 Å². The maximum absolute atomic E-state index is 12.0. The van der Waals surface area contributed by atoms with Gasteiger partial charge in [-0.2, -0.15) is 0 Å². The minimum absolute atomic E-state index is 0.106. The summed E-state index contributed by atoms with van der Waals surface area (Å²) in [6, 6.07) is 15.2. The van der Waals surface area contributed by atoms with Crippen LogP contribution < -0.4 is 10.2 Å². The van der Waals surface area contributed by atoms with E-state index >= 15 is 0 Å². The Hall–Kier alpha value is -2.29. The zero-order chi connectivity index (χ0) is 16.6. The average Bonchev–Trinajstić information content (AvgIpc) is 2.45. The summed E-state index contributed by atoms with van der Waals surface area (Å²) in [6.45, 7) is 8.00. The molecule has 0 unspecified atom stereocenters. The van der Waals surface area contributed by atoms with Gasteiger partial charge in [0.15, 0.2) is 0 Å². The maximum Gasteiger partial charge on any atom is 0.224 e. The molecule has 1 N–H and O–H groups in total. The van der Waals surface area contributed by atoms with Gasteiger partial charge < -0.3 is 10.2 Å². The van der Waals surface area contributed by atoms with Gasteiger partial charge in [0.05, 0.1) is 6.04 Å². The molecule has 0 saturated heterocycles. The van der Waals surface area contributed by atoms with Crippen LogP contribution in [0.3, 0.4) is 0 Å². The fourth-order valence-electron chi connectivity index (χ4n) is 3.69. The molecule has 0 bridgehead atoms. The van der Waals surface area contributed by atoms with Crippen molar-refractivity contribution in [3.05, 3.63) is 59.2 Å². The lowest BCUT2D eigenvalue weighted by molar-refractivity contribution is -0.117. The van der Waals surface area contributed by atoms with Crippen molar-refractivity contribution in [3.63, 3.8) is 0 Å². The van der Waals surface area contributed by atoms with E-state index in [4.69, 9.17) is 0 Å². The molecule has 3 rings (SSSR count). The standard InChI is InChI=1S/C20H24N2O/c1-13-9-14(2)11-17(10-13)21-19-12-15(3)22(16(4)23)20-8-6-5-7-18(19)20/h5-11,15,19,21H,12H2,1-4H3/t15-,19+/m1/s1. The highest BCUT2D eigenvalue weighted by Crippen LogP contribution is 2.38. The Morgan fingerprint density at radius 2 is 1.78 bits per heavy atom. The Bertz CT molecular complexity index is 718. The number of benzene rings is 2. The van der Waals surface area contributed by atoms with E-state index in [1.165, 1.54) is 16.7 Å². The minimum Gasteiger partial charge on any atom is -0.378 e. The van der Waals surface area contributed by atoms with Gasteiger partial charge >= 0.3 is 0 Å². The molecule has 2 aromatic rings. The van der Waals surface area contributed by atoms with E-state index in [9.17, 15) is 4.79 Å². The van der Waals surface area contributed by atoms with Crippen LogP contribution in [0.4, 0.5) is 11.4 Å². The first kappa shape index (κ1) is 15.6. The van der Waals surface area contributed by atoms with Crippen LogP contribution in [-0.4, -0.2) is 11.9 Å². The van der Waals surface area contributed by atoms with Crippen LogP contribution >= 0.6 is 0 Å². The molecule has 120 valence electrons. The molecule has 0 saturated carbocycles. The maximum atomic E-state index is 12.0. The molecule has 0 radical (unpaired) electrons. The highest BCUT2D eigenvalue weighted by atomic mass is 16.2. The van der Waals surface area contributed by atoms with Crippen LogP contribution in [-0.2, 0) is 4.79 Å². The Balaban J connectivity index is 1.97. The number of anilines is 2. The summed E-state index contributed by atoms with van der Waals surface area (Å²) in [4.78, 5) is 13.9. The lowest BCUT2D eigenvalue weighted by Gasteiger charge is -2.39. The zero-order valence-electron chi connectivity index (χ0n) is 14.3. The topological polar surface area (TPSA) is 32.3 Å². The van der Waals surface area contributed by atoms with Gasteiger partial charge in [-0.1, -0.05) is 24.3 Å². The molecule has 2 atom stereocenters. The van der Waals surface area contributed by atoms with Gasteiger partial charge in [-0.15, -0.1) is 0 Å². The number of aryl methyl sites for hydroxylation is 2. The van der Waals surface area contributed by atoms with Crippen LogP contribution in [0.1, 0.15) is 43.0 Å². The zero-order valence-corrected chi connectivity index (χ0v) is 14.3. The number of hydrogen-bond acceptors (Lipinski definition) is 2. The number of amides is 1. The average molecular weight is 308 g/mol. The second-order valence-electron chi connectivity index (χ2n) is 6.61. The normalized spacial score (nSPS) is 20.1. The van der Waals surface area contributed by atoms with Gasteiger partial charge in [0.1, 0.15) is 0 Å². The SMILES string of the molecule is CC(=O)N1c2ccccc2[C@@H](Nc2cc(C)cc(C)c2)C[C@H]1C. The van der Waals surface area contributed by atoms with Crippen molar-refractivity contribution in [3.8, 4) is 0 Å². The molecular formula is C20H24N2O. The summed E-state index contributed by atoms with van der Waals surface area (Å²) >= 11 is 0. The first-order valence-corrected chi connectivity index (χ1v) is 8.19. The second-order valence-corrected chi connectivity index (χ2v) is 6.61. The summed E-state index contributed by atoms with van der Waals surface area (Å²) in [5.41, 5.74) is 5.89. The van der Waals surface area contributed by atoms with E-state index < -0.39 is 0 Å². The van der Waals surface area contributed by atoms with Crippen molar-refractivity contribution in [1.29, 1.82) is 0 Å². The summed E-state index contributed by atoms with van der Waals surface area (Å²) in [7, 11) is 0. The molecule has 2 aromatic carbocycles. The van der Waals surface area contributed by atoms with E-state index in [-0.39, 0.29) is 18.0 Å². The van der Waals surface area contributed by atoms with Crippen LogP contribution in [0.2, 0.25) is 0 Å². The Morgan fingerprint density at radius 3 is 2.43 bits per heavy atom. The van der Waals surface area contributed by atoms with Gasteiger partial charge in [0.25, 0.3) is 0 Å². The second kappa shape index (κ2) is 6.07. The molecule has 0 spiro atoms. The van der Waals surface area contributed by atoms with Gasteiger partial charge in [0.2, 0.25) is 5.91 Å². The Kier molecular flexibility index (Phi) is 4.12. The minimum atomic E-state index is 0.106. The van der Waals surface area contributed by atoms with Crippen molar-refractivity contribution in [1.82, 2.24) is 0 Å². The van der Waals surface area contributed by atoms with Crippen LogP contribution in [0.15, 0.2) is 42.5 Å².